The molecule has 9 heteroatoms. The molecule has 1 aliphatic rings. The van der Waals surface area contributed by atoms with E-state index in [1.807, 2.05) is 67.7 Å². The van der Waals surface area contributed by atoms with Crippen LogP contribution in [0.2, 0.25) is 0 Å². The average molecular weight is 561 g/mol. The zero-order valence-corrected chi connectivity index (χ0v) is 23.9. The maximum atomic E-state index is 13.5. The zero-order valence-electron chi connectivity index (χ0n) is 23.9. The average Bonchev–Trinajstić information content (AvgIpc) is 3.37. The van der Waals surface area contributed by atoms with E-state index < -0.39 is 47.9 Å². The molecule has 4 rings (SSSR count). The summed E-state index contributed by atoms with van der Waals surface area (Å²) in [4.78, 5) is 56.7. The number of nitrogens with one attached hydrogen (secondary N) is 4. The van der Waals surface area contributed by atoms with Crippen LogP contribution in [0.1, 0.15) is 57.6 Å². The van der Waals surface area contributed by atoms with E-state index in [1.54, 1.807) is 6.92 Å². The van der Waals surface area contributed by atoms with Gasteiger partial charge in [-0.05, 0) is 36.5 Å². The molecule has 1 saturated heterocycles. The Hall–Kier alpha value is -4.14. The van der Waals surface area contributed by atoms with Gasteiger partial charge in [-0.1, -0.05) is 75.2 Å². The zero-order chi connectivity index (χ0) is 29.4. The number of H-pyrrole nitrogens is 1. The second-order valence-corrected chi connectivity index (χ2v) is 11.0. The maximum Gasteiger partial charge on any atom is 0.329 e. The number of cyclic esters (lactones) is 1. The van der Waals surface area contributed by atoms with E-state index in [-0.39, 0.29) is 25.2 Å². The predicted octanol–water partition coefficient (Wildman–Crippen LogP) is 3.57. The summed E-state index contributed by atoms with van der Waals surface area (Å²) in [5.74, 6) is -2.08. The molecule has 218 valence electrons. The van der Waals surface area contributed by atoms with E-state index in [2.05, 4.69) is 27.9 Å². The van der Waals surface area contributed by atoms with Crippen molar-refractivity contribution in [2.75, 3.05) is 0 Å². The van der Waals surface area contributed by atoms with Crippen molar-refractivity contribution in [3.05, 3.63) is 71.9 Å². The number of fused-ring (bicyclic) bond motifs is 1. The van der Waals surface area contributed by atoms with Crippen LogP contribution in [0, 0.1) is 5.92 Å². The smallest absolute Gasteiger partial charge is 0.329 e. The van der Waals surface area contributed by atoms with Gasteiger partial charge in [0.2, 0.25) is 17.7 Å². The quantitative estimate of drug-likeness (QED) is 0.313. The third kappa shape index (κ3) is 7.96. The van der Waals surface area contributed by atoms with Crippen molar-refractivity contribution in [3.8, 4) is 0 Å². The molecule has 0 radical (unpaired) electrons. The maximum absolute atomic E-state index is 13.5. The van der Waals surface area contributed by atoms with Crippen LogP contribution in [-0.4, -0.2) is 52.9 Å². The molecule has 5 atom stereocenters. The lowest BCUT2D eigenvalue weighted by atomic mass is 9.95. The summed E-state index contributed by atoms with van der Waals surface area (Å²) in [6, 6.07) is 14.2. The minimum Gasteiger partial charge on any atom is -0.460 e. The SMILES string of the molecule is CCCC[C@H](C)[C@H]1CC(=O)N[C@H](Cc2c[nH]c3ccccc23)C(=O)N[C@@H](C)C(=O)N[C@H](Cc2ccccc2)C(=O)O1. The number of aromatic amines is 1. The Morgan fingerprint density at radius 3 is 2.37 bits per heavy atom. The van der Waals surface area contributed by atoms with Gasteiger partial charge in [0.1, 0.15) is 24.2 Å². The molecule has 2 aromatic carbocycles. The minimum absolute atomic E-state index is 0.0875. The molecule has 2 heterocycles. The summed E-state index contributed by atoms with van der Waals surface area (Å²) in [6.07, 6.45) is 4.13. The lowest BCUT2D eigenvalue weighted by Gasteiger charge is -2.27. The third-order valence-corrected chi connectivity index (χ3v) is 7.69. The van der Waals surface area contributed by atoms with Crippen molar-refractivity contribution in [3.63, 3.8) is 0 Å². The molecule has 0 spiro atoms. The Balaban J connectivity index is 1.63. The summed E-state index contributed by atoms with van der Waals surface area (Å²) in [6.45, 7) is 5.59. The van der Waals surface area contributed by atoms with Crippen LogP contribution in [0.15, 0.2) is 60.8 Å². The van der Waals surface area contributed by atoms with Crippen LogP contribution in [0.5, 0.6) is 0 Å². The number of carbonyl (C=O) groups is 4. The van der Waals surface area contributed by atoms with Crippen molar-refractivity contribution in [2.24, 2.45) is 5.92 Å². The number of ether oxygens (including phenoxy) is 1. The molecule has 3 aromatic rings. The monoisotopic (exact) mass is 560 g/mol. The Labute approximate surface area is 240 Å². The molecule has 0 unspecified atom stereocenters. The number of unbranched alkanes of at least 4 members (excludes halogenated alkanes) is 1. The Kier molecular flexibility index (Phi) is 10.2. The van der Waals surface area contributed by atoms with Crippen LogP contribution in [0.3, 0.4) is 0 Å². The number of carbonyl (C=O) groups excluding carboxylic acids is 4. The van der Waals surface area contributed by atoms with Crippen molar-refractivity contribution in [2.45, 2.75) is 83.5 Å². The first-order valence-electron chi connectivity index (χ1n) is 14.4. The van der Waals surface area contributed by atoms with Crippen molar-refractivity contribution in [1.82, 2.24) is 20.9 Å². The molecule has 1 aliphatic heterocycles. The van der Waals surface area contributed by atoms with E-state index in [9.17, 15) is 19.2 Å². The van der Waals surface area contributed by atoms with Crippen molar-refractivity contribution in [1.29, 1.82) is 0 Å². The van der Waals surface area contributed by atoms with Gasteiger partial charge in [-0.25, -0.2) is 4.79 Å². The van der Waals surface area contributed by atoms with Crippen molar-refractivity contribution < 1.29 is 23.9 Å². The molecule has 1 fully saturated rings. The number of benzene rings is 2. The first kappa shape index (κ1) is 29.8. The largest absolute Gasteiger partial charge is 0.460 e. The second-order valence-electron chi connectivity index (χ2n) is 11.0. The number of para-hydroxylation sites is 1. The van der Waals surface area contributed by atoms with E-state index in [0.717, 1.165) is 41.3 Å². The highest BCUT2D eigenvalue weighted by Gasteiger charge is 2.33. The second kappa shape index (κ2) is 14.0. The summed E-state index contributed by atoms with van der Waals surface area (Å²) in [5, 5.41) is 9.33. The van der Waals surface area contributed by atoms with Gasteiger partial charge in [0.15, 0.2) is 0 Å². The number of esters is 1. The highest BCUT2D eigenvalue weighted by molar-refractivity contribution is 5.94. The Morgan fingerprint density at radius 2 is 1.61 bits per heavy atom. The molecule has 0 aliphatic carbocycles. The number of aromatic nitrogens is 1. The van der Waals surface area contributed by atoms with E-state index >= 15 is 0 Å². The number of hydrogen-bond acceptors (Lipinski definition) is 5. The first-order chi connectivity index (χ1) is 19.7. The third-order valence-electron chi connectivity index (χ3n) is 7.69. The molecule has 1 aromatic heterocycles. The van der Waals surface area contributed by atoms with E-state index in [0.29, 0.717) is 0 Å². The van der Waals surface area contributed by atoms with Crippen LogP contribution in [0.25, 0.3) is 10.9 Å². The highest BCUT2D eigenvalue weighted by atomic mass is 16.5. The Morgan fingerprint density at radius 1 is 0.878 bits per heavy atom. The topological polar surface area (TPSA) is 129 Å². The van der Waals surface area contributed by atoms with Gasteiger partial charge < -0.3 is 25.7 Å². The number of amides is 3. The van der Waals surface area contributed by atoms with Crippen LogP contribution in [0.4, 0.5) is 0 Å². The fourth-order valence-corrected chi connectivity index (χ4v) is 5.19. The summed E-state index contributed by atoms with van der Waals surface area (Å²) in [5.41, 5.74) is 2.64. The lowest BCUT2D eigenvalue weighted by molar-refractivity contribution is -0.157. The van der Waals surface area contributed by atoms with Gasteiger partial charge in [0.05, 0.1) is 6.42 Å². The Bertz CT molecular complexity index is 1350. The van der Waals surface area contributed by atoms with Crippen LogP contribution < -0.4 is 16.0 Å². The standard InChI is InChI=1S/C32H40N4O5/c1-4-5-11-20(2)28-18-29(37)35-26(17-23-19-33-25-15-10-9-14-24(23)25)31(39)34-21(3)30(38)36-27(32(40)41-28)16-22-12-7-6-8-13-22/h6-10,12-15,19-21,26-28,33H,4-5,11,16-18H2,1-3H3,(H,34,39)(H,35,37)(H,36,38)/t20-,21-,26+,27+,28+/m0/s1. The molecule has 4 N–H and O–H groups in total. The van der Waals surface area contributed by atoms with Gasteiger partial charge in [-0.3, -0.25) is 14.4 Å². The van der Waals surface area contributed by atoms with Crippen molar-refractivity contribution >= 4 is 34.6 Å². The summed E-state index contributed by atoms with van der Waals surface area (Å²) < 4.78 is 5.96. The molecule has 3 amide bonds. The molecule has 0 saturated carbocycles. The van der Waals surface area contributed by atoms with Gasteiger partial charge in [-0.2, -0.15) is 0 Å². The fraction of sp³-hybridized carbons (Fsp3) is 0.438. The molecule has 41 heavy (non-hydrogen) atoms. The summed E-state index contributed by atoms with van der Waals surface area (Å²) >= 11 is 0. The molecular weight excluding hydrogens is 520 g/mol. The highest BCUT2D eigenvalue weighted by Crippen LogP contribution is 2.22. The van der Waals surface area contributed by atoms with E-state index in [4.69, 9.17) is 4.74 Å². The molecule has 0 bridgehead atoms. The van der Waals surface area contributed by atoms with Gasteiger partial charge in [0.25, 0.3) is 0 Å². The lowest BCUT2D eigenvalue weighted by Crippen LogP contribution is -2.55. The number of hydrogen-bond donors (Lipinski definition) is 4. The van der Waals surface area contributed by atoms with Gasteiger partial charge in [0, 0.05) is 29.9 Å². The molecular formula is C32H40N4O5. The first-order valence-corrected chi connectivity index (χ1v) is 14.4. The number of rotatable bonds is 8. The van der Waals surface area contributed by atoms with Gasteiger partial charge in [-0.15, -0.1) is 0 Å². The summed E-state index contributed by atoms with van der Waals surface area (Å²) in [7, 11) is 0. The fourth-order valence-electron chi connectivity index (χ4n) is 5.19. The van der Waals surface area contributed by atoms with Crippen LogP contribution >= 0.6 is 0 Å². The normalized spacial score (nSPS) is 23.3. The predicted molar refractivity (Wildman–Crippen MR) is 157 cm³/mol. The minimum atomic E-state index is -0.976. The molecule has 9 nitrogen and oxygen atoms in total. The van der Waals surface area contributed by atoms with Gasteiger partial charge >= 0.3 is 5.97 Å². The van der Waals surface area contributed by atoms with E-state index in [1.165, 1.54) is 0 Å². The van der Waals surface area contributed by atoms with Crippen LogP contribution in [-0.2, 0) is 36.8 Å².